The lowest BCUT2D eigenvalue weighted by Crippen LogP contribution is -2.51. The molecule has 1 amide bonds. The van der Waals surface area contributed by atoms with Gasteiger partial charge in [0.05, 0.1) is 4.83 Å². The molecular weight excluding hydrogens is 412 g/mol. The van der Waals surface area contributed by atoms with Gasteiger partial charge in [0.1, 0.15) is 5.92 Å². The minimum atomic E-state index is -2.93. The lowest BCUT2D eigenvalue weighted by Gasteiger charge is -2.34. The summed E-state index contributed by atoms with van der Waals surface area (Å²) in [5, 5.41) is 12.9. The summed E-state index contributed by atoms with van der Waals surface area (Å²) in [5.74, 6) is -3.87. The fourth-order valence-electron chi connectivity index (χ4n) is 2.74. The van der Waals surface area contributed by atoms with Crippen LogP contribution in [-0.2, 0) is 10.7 Å². The van der Waals surface area contributed by atoms with Crippen molar-refractivity contribution in [3.05, 3.63) is 57.5 Å². The molecule has 0 saturated carbocycles. The molecule has 2 N–H and O–H groups in total. The highest BCUT2D eigenvalue weighted by atomic mass is 79.9. The fraction of sp³-hybridized carbons (Fsp3) is 0.294. The van der Waals surface area contributed by atoms with Crippen LogP contribution in [0.5, 0.6) is 0 Å². The second-order valence-electron chi connectivity index (χ2n) is 5.94. The Balaban J connectivity index is 2.06. The van der Waals surface area contributed by atoms with Gasteiger partial charge in [-0.05, 0) is 11.0 Å². The van der Waals surface area contributed by atoms with Gasteiger partial charge in [-0.3, -0.25) is 15.1 Å². The number of guanidine groups is 1. The van der Waals surface area contributed by atoms with Crippen LogP contribution in [0.4, 0.5) is 8.78 Å². The normalized spacial score (nSPS) is 27.0. The molecule has 0 aromatic heterocycles. The minimum absolute atomic E-state index is 0.00679. The Morgan fingerprint density at radius 1 is 1.32 bits per heavy atom. The van der Waals surface area contributed by atoms with Crippen molar-refractivity contribution < 1.29 is 13.6 Å². The zero-order valence-electron chi connectivity index (χ0n) is 13.5. The summed E-state index contributed by atoms with van der Waals surface area (Å²) in [6, 6.07) is 5.79. The molecule has 0 bridgehead atoms. The van der Waals surface area contributed by atoms with Crippen LogP contribution in [0.2, 0.25) is 0 Å². The van der Waals surface area contributed by atoms with Crippen LogP contribution >= 0.6 is 27.7 Å². The molecule has 132 valence electrons. The van der Waals surface area contributed by atoms with Gasteiger partial charge in [-0.25, -0.2) is 8.78 Å². The maximum absolute atomic E-state index is 13.4. The van der Waals surface area contributed by atoms with Gasteiger partial charge in [0.2, 0.25) is 11.9 Å². The van der Waals surface area contributed by atoms with E-state index in [4.69, 9.17) is 5.41 Å². The van der Waals surface area contributed by atoms with E-state index in [1.807, 2.05) is 11.5 Å². The summed E-state index contributed by atoms with van der Waals surface area (Å²) in [7, 11) is 1.52. The number of amides is 1. The summed E-state index contributed by atoms with van der Waals surface area (Å²) >= 11 is 5.00. The SMILES string of the molecule is CN1C(=N)N/C(=C2\SC=CC2Br)[C@@H](c2ccc(C(C)(F)F)cc2)C1=O. The van der Waals surface area contributed by atoms with Crippen molar-refractivity contribution in [3.8, 4) is 0 Å². The summed E-state index contributed by atoms with van der Waals surface area (Å²) in [4.78, 5) is 14.9. The quantitative estimate of drug-likeness (QED) is 0.698. The number of halogens is 3. The molecule has 2 atom stereocenters. The molecule has 4 nitrogen and oxygen atoms in total. The van der Waals surface area contributed by atoms with Gasteiger partial charge < -0.3 is 5.32 Å². The van der Waals surface area contributed by atoms with Gasteiger partial charge in [-0.1, -0.05) is 58.0 Å². The van der Waals surface area contributed by atoms with E-state index in [2.05, 4.69) is 21.2 Å². The summed E-state index contributed by atoms with van der Waals surface area (Å²) in [5.41, 5.74) is 1.12. The van der Waals surface area contributed by atoms with E-state index >= 15 is 0 Å². The average Bonchev–Trinajstić information content (AvgIpc) is 2.97. The van der Waals surface area contributed by atoms with Crippen molar-refractivity contribution >= 4 is 39.6 Å². The van der Waals surface area contributed by atoms with Gasteiger partial charge in [0.25, 0.3) is 5.92 Å². The average molecular weight is 428 g/mol. The Bertz CT molecular complexity index is 786. The molecule has 2 aliphatic heterocycles. The highest BCUT2D eigenvalue weighted by Gasteiger charge is 2.38. The van der Waals surface area contributed by atoms with E-state index in [0.29, 0.717) is 11.3 Å². The number of allylic oxidation sites excluding steroid dienone is 2. The number of hydrogen-bond acceptors (Lipinski definition) is 3. The zero-order valence-corrected chi connectivity index (χ0v) is 15.9. The van der Waals surface area contributed by atoms with Gasteiger partial charge in [-0.15, -0.1) is 0 Å². The second-order valence-corrected chi connectivity index (χ2v) is 7.87. The third kappa shape index (κ3) is 3.37. The van der Waals surface area contributed by atoms with Gasteiger partial charge in [0, 0.05) is 30.1 Å². The van der Waals surface area contributed by atoms with Gasteiger partial charge in [-0.2, -0.15) is 0 Å². The molecular formula is C17H16BrF2N3OS. The minimum Gasteiger partial charge on any atom is -0.328 e. The smallest absolute Gasteiger partial charge is 0.270 e. The van der Waals surface area contributed by atoms with Crippen LogP contribution in [0.25, 0.3) is 0 Å². The molecule has 1 aromatic carbocycles. The van der Waals surface area contributed by atoms with Crippen molar-refractivity contribution in [2.45, 2.75) is 23.6 Å². The maximum atomic E-state index is 13.4. The number of nitrogens with one attached hydrogen (secondary N) is 2. The number of likely N-dealkylation sites (N-methyl/N-ethyl adjacent to an activating group) is 1. The van der Waals surface area contributed by atoms with Gasteiger partial charge >= 0.3 is 0 Å². The summed E-state index contributed by atoms with van der Waals surface area (Å²) in [6.45, 7) is 0.841. The third-order valence-electron chi connectivity index (χ3n) is 4.16. The molecule has 0 spiro atoms. The molecule has 1 saturated heterocycles. The Labute approximate surface area is 157 Å². The van der Waals surface area contributed by atoms with Crippen LogP contribution in [0, 0.1) is 5.41 Å². The van der Waals surface area contributed by atoms with Crippen LogP contribution in [0.15, 0.2) is 46.4 Å². The standard InChI is InChI=1S/C17H16BrF2N3OS/c1-17(19,20)10-5-3-9(4-6-10)12-13(14-11(18)7-8-25-14)22-16(21)23(2)15(12)24/h3-8,11-12H,1-2H3,(H2,21,22)/b14-13-/t11?,12-/m1/s1. The largest absolute Gasteiger partial charge is 0.328 e. The zero-order chi connectivity index (χ0) is 18.4. The van der Waals surface area contributed by atoms with Crippen molar-refractivity contribution in [2.75, 3.05) is 7.05 Å². The Hall–Kier alpha value is -1.67. The first kappa shape index (κ1) is 18.1. The molecule has 1 fully saturated rings. The lowest BCUT2D eigenvalue weighted by atomic mass is 9.90. The van der Waals surface area contributed by atoms with E-state index in [1.165, 1.54) is 35.8 Å². The molecule has 0 aliphatic carbocycles. The van der Waals surface area contributed by atoms with E-state index < -0.39 is 11.8 Å². The number of nitrogens with zero attached hydrogens (tertiary/aromatic N) is 1. The molecule has 2 aliphatic rings. The first-order valence-corrected chi connectivity index (χ1v) is 9.32. The number of alkyl halides is 3. The molecule has 25 heavy (non-hydrogen) atoms. The molecule has 2 heterocycles. The fourth-order valence-corrected chi connectivity index (χ4v) is 4.55. The van der Waals surface area contributed by atoms with E-state index in [-0.39, 0.29) is 22.3 Å². The monoisotopic (exact) mass is 427 g/mol. The highest BCUT2D eigenvalue weighted by molar-refractivity contribution is 9.09. The van der Waals surface area contributed by atoms with Crippen LogP contribution in [-0.4, -0.2) is 28.6 Å². The predicted molar refractivity (Wildman–Crippen MR) is 98.9 cm³/mol. The summed E-state index contributed by atoms with van der Waals surface area (Å²) in [6.07, 6.45) is 1.94. The van der Waals surface area contributed by atoms with Crippen LogP contribution in [0.3, 0.4) is 0 Å². The Morgan fingerprint density at radius 3 is 2.48 bits per heavy atom. The van der Waals surface area contributed by atoms with Gasteiger partial charge in [0.15, 0.2) is 0 Å². The highest BCUT2D eigenvalue weighted by Crippen LogP contribution is 2.41. The predicted octanol–water partition coefficient (Wildman–Crippen LogP) is 4.11. The van der Waals surface area contributed by atoms with E-state index in [1.54, 1.807) is 12.1 Å². The maximum Gasteiger partial charge on any atom is 0.270 e. The summed E-state index contributed by atoms with van der Waals surface area (Å²) < 4.78 is 26.9. The molecule has 1 unspecified atom stereocenters. The Kier molecular flexibility index (Phi) is 4.76. The van der Waals surface area contributed by atoms with Crippen LogP contribution in [0.1, 0.15) is 24.0 Å². The first-order chi connectivity index (χ1) is 11.7. The van der Waals surface area contributed by atoms with Crippen molar-refractivity contribution in [2.24, 2.45) is 0 Å². The van der Waals surface area contributed by atoms with Crippen molar-refractivity contribution in [3.63, 3.8) is 0 Å². The lowest BCUT2D eigenvalue weighted by molar-refractivity contribution is -0.128. The first-order valence-electron chi connectivity index (χ1n) is 7.53. The molecule has 0 radical (unpaired) electrons. The van der Waals surface area contributed by atoms with Crippen LogP contribution < -0.4 is 5.32 Å². The third-order valence-corrected chi connectivity index (χ3v) is 6.25. The molecule has 3 rings (SSSR count). The van der Waals surface area contributed by atoms with E-state index in [9.17, 15) is 13.6 Å². The number of carbonyl (C=O) groups excluding carboxylic acids is 1. The Morgan fingerprint density at radius 2 is 1.96 bits per heavy atom. The number of hydrogen-bond donors (Lipinski definition) is 2. The number of benzene rings is 1. The second kappa shape index (κ2) is 6.57. The van der Waals surface area contributed by atoms with Crippen molar-refractivity contribution in [1.82, 2.24) is 10.2 Å². The topological polar surface area (TPSA) is 56.2 Å². The van der Waals surface area contributed by atoms with E-state index in [0.717, 1.165) is 11.8 Å². The number of thioether (sulfide) groups is 1. The molecule has 1 aromatic rings. The number of rotatable bonds is 2. The molecule has 8 heteroatoms. The van der Waals surface area contributed by atoms with Crippen molar-refractivity contribution in [1.29, 1.82) is 5.41 Å². The number of carbonyl (C=O) groups is 1.